The monoisotopic (exact) mass is 713 g/mol. The van der Waals surface area contributed by atoms with Crippen LogP contribution in [0, 0.1) is 23.7 Å². The number of aryl methyl sites for hydroxylation is 1. The molecule has 1 saturated carbocycles. The number of sulfonamides is 1. The van der Waals surface area contributed by atoms with Crippen LogP contribution in [0.15, 0.2) is 36.4 Å². The normalized spacial score (nSPS) is 32.7. The number of nitrogens with one attached hydrogen (secondary N) is 1. The molecule has 49 heavy (non-hydrogen) atoms. The Morgan fingerprint density at radius 1 is 1.02 bits per heavy atom. The molecule has 3 aliphatic heterocycles. The van der Waals surface area contributed by atoms with Crippen LogP contribution in [0.2, 0.25) is 5.02 Å². The Hall–Kier alpha value is -2.37. The van der Waals surface area contributed by atoms with E-state index in [0.717, 1.165) is 80.9 Å². The van der Waals surface area contributed by atoms with Crippen molar-refractivity contribution >= 4 is 33.2 Å². The van der Waals surface area contributed by atoms with Gasteiger partial charge in [-0.3, -0.25) is 4.79 Å². The first-order valence-corrected chi connectivity index (χ1v) is 20.1. The van der Waals surface area contributed by atoms with Gasteiger partial charge in [0.05, 0.1) is 37.3 Å². The predicted molar refractivity (Wildman–Crippen MR) is 192 cm³/mol. The van der Waals surface area contributed by atoms with Crippen LogP contribution >= 0.6 is 11.6 Å². The summed E-state index contributed by atoms with van der Waals surface area (Å²) in [6, 6.07) is 11.6. The molecule has 1 amide bonds. The van der Waals surface area contributed by atoms with E-state index in [0.29, 0.717) is 43.8 Å². The Bertz CT molecular complexity index is 1660. The van der Waals surface area contributed by atoms with Gasteiger partial charge in [0.2, 0.25) is 10.0 Å². The zero-order chi connectivity index (χ0) is 34.6. The first kappa shape index (κ1) is 35.1. The highest BCUT2D eigenvalue weighted by molar-refractivity contribution is 7.90. The van der Waals surface area contributed by atoms with Crippen molar-refractivity contribution < 1.29 is 27.4 Å². The molecule has 2 aromatic rings. The summed E-state index contributed by atoms with van der Waals surface area (Å²) in [6.45, 7) is 7.58. The van der Waals surface area contributed by atoms with E-state index in [1.165, 1.54) is 11.1 Å². The fourth-order valence-electron chi connectivity index (χ4n) is 9.47. The van der Waals surface area contributed by atoms with Gasteiger partial charge in [0.1, 0.15) is 5.75 Å². The van der Waals surface area contributed by atoms with E-state index in [9.17, 15) is 13.2 Å². The molecule has 2 aromatic carbocycles. The summed E-state index contributed by atoms with van der Waals surface area (Å²) in [6.07, 6.45) is 7.70. The van der Waals surface area contributed by atoms with Gasteiger partial charge < -0.3 is 24.0 Å². The van der Waals surface area contributed by atoms with Gasteiger partial charge in [0.25, 0.3) is 5.91 Å². The Kier molecular flexibility index (Phi) is 9.76. The molecule has 0 radical (unpaired) electrons. The number of benzene rings is 2. The average Bonchev–Trinajstić information content (AvgIpc) is 3.46. The highest BCUT2D eigenvalue weighted by atomic mass is 35.5. The number of likely N-dealkylation sites (N-methyl/N-ethyl adjacent to an activating group) is 1. The summed E-state index contributed by atoms with van der Waals surface area (Å²) >= 11 is 6.48. The molecule has 9 nitrogen and oxygen atoms in total. The Morgan fingerprint density at radius 2 is 1.82 bits per heavy atom. The second kappa shape index (κ2) is 13.6. The minimum absolute atomic E-state index is 0.133. The third-order valence-electron chi connectivity index (χ3n) is 12.3. The van der Waals surface area contributed by atoms with Gasteiger partial charge in [-0.15, -0.1) is 0 Å². The zero-order valence-corrected chi connectivity index (χ0v) is 31.0. The highest BCUT2D eigenvalue weighted by Crippen LogP contribution is 2.51. The van der Waals surface area contributed by atoms with Crippen molar-refractivity contribution in [1.29, 1.82) is 0 Å². The lowest BCUT2D eigenvalue weighted by Crippen LogP contribution is -2.55. The Labute approximate surface area is 297 Å². The van der Waals surface area contributed by atoms with Crippen molar-refractivity contribution in [2.24, 2.45) is 23.7 Å². The molecule has 0 aromatic heterocycles. The second-order valence-corrected chi connectivity index (χ2v) is 18.2. The van der Waals surface area contributed by atoms with E-state index < -0.39 is 27.0 Å². The Balaban J connectivity index is 1.31. The maximum absolute atomic E-state index is 13.6. The highest BCUT2D eigenvalue weighted by Gasteiger charge is 2.53. The minimum atomic E-state index is -3.91. The quantitative estimate of drug-likeness (QED) is 0.412. The van der Waals surface area contributed by atoms with Crippen LogP contribution < -0.4 is 14.4 Å². The van der Waals surface area contributed by atoms with Crippen LogP contribution in [-0.4, -0.2) is 83.8 Å². The largest absolute Gasteiger partial charge is 0.490 e. The summed E-state index contributed by atoms with van der Waals surface area (Å²) in [4.78, 5) is 18.2. The van der Waals surface area contributed by atoms with Crippen LogP contribution in [0.5, 0.6) is 5.75 Å². The molecule has 2 fully saturated rings. The Morgan fingerprint density at radius 3 is 2.55 bits per heavy atom. The first-order chi connectivity index (χ1) is 23.4. The molecule has 268 valence electrons. The van der Waals surface area contributed by atoms with Crippen molar-refractivity contribution in [1.82, 2.24) is 9.62 Å². The van der Waals surface area contributed by atoms with Crippen LogP contribution in [0.3, 0.4) is 0 Å². The lowest BCUT2D eigenvalue weighted by Gasteiger charge is -2.51. The summed E-state index contributed by atoms with van der Waals surface area (Å²) in [5.41, 5.74) is 3.47. The number of nitrogens with zero attached hydrogens (tertiary/aromatic N) is 2. The zero-order valence-electron chi connectivity index (χ0n) is 29.4. The van der Waals surface area contributed by atoms with Gasteiger partial charge in [0.15, 0.2) is 5.79 Å². The predicted octanol–water partition coefficient (Wildman–Crippen LogP) is 6.03. The number of ether oxygens (including phenoxy) is 3. The number of anilines is 1. The van der Waals surface area contributed by atoms with Crippen molar-refractivity contribution in [3.63, 3.8) is 0 Å². The molecule has 6 atom stereocenters. The number of carbonyl (C=O) groups excluding carboxylic acids is 1. The average molecular weight is 714 g/mol. The first-order valence-electron chi connectivity index (χ1n) is 18.2. The molecule has 1 saturated heterocycles. The lowest BCUT2D eigenvalue weighted by molar-refractivity contribution is -0.228. The number of amides is 1. The molecule has 11 heteroatoms. The maximum atomic E-state index is 13.6. The molecule has 3 heterocycles. The molecular formula is C38H52ClN3O6S. The van der Waals surface area contributed by atoms with Crippen molar-refractivity contribution in [2.75, 3.05) is 58.5 Å². The standard InChI is InChI=1S/C38H52ClN3O6S/c1-25-7-5-9-33(38(23-41(3)4)47-17-18-48-38)31-13-10-29(31)21-42-22-37(16-6-8-27-19-30(39)12-14-32(27)37)24-46-35-15-11-28(20-34(35)42)36(43)40-49(44,45)26(25)2/h11-12,14-15,19-20,25-26,29,31,33H,5-10,13,16-18,21-24H2,1-4H3,(H,40,43)/t25-,26+,29-,31+,33-,37-/m0/s1. The number of rotatable bonds is 3. The molecule has 5 aliphatic rings. The summed E-state index contributed by atoms with van der Waals surface area (Å²) in [7, 11) is 0.233. The van der Waals surface area contributed by atoms with Crippen molar-refractivity contribution in [3.05, 3.63) is 58.1 Å². The van der Waals surface area contributed by atoms with Crippen LogP contribution in [0.1, 0.15) is 80.3 Å². The van der Waals surface area contributed by atoms with Gasteiger partial charge in [-0.25, -0.2) is 13.1 Å². The lowest BCUT2D eigenvalue weighted by atomic mass is 9.62. The molecular weight excluding hydrogens is 662 g/mol. The van der Waals surface area contributed by atoms with Gasteiger partial charge in [-0.1, -0.05) is 31.0 Å². The minimum Gasteiger partial charge on any atom is -0.490 e. The number of hydrogen-bond donors (Lipinski definition) is 1. The third-order valence-corrected chi connectivity index (χ3v) is 14.5. The molecule has 0 unspecified atom stereocenters. The topological polar surface area (TPSA) is 97.4 Å². The SMILES string of the molecule is C[C@@H]1[C@@H](C)CCC[C@H](C2(CN(C)C)OCCO2)[C@@H]2CC[C@H]2CN2C[C@@]3(CCCc4cc(Cl)ccc43)COc3ccc(cc32)C(=O)NS1(=O)=O. The number of halogens is 1. The summed E-state index contributed by atoms with van der Waals surface area (Å²) < 4.78 is 49.3. The number of hydrogen-bond acceptors (Lipinski definition) is 8. The van der Waals surface area contributed by atoms with E-state index in [1.54, 1.807) is 13.0 Å². The smallest absolute Gasteiger partial charge is 0.264 e. The third kappa shape index (κ3) is 6.73. The summed E-state index contributed by atoms with van der Waals surface area (Å²) in [5, 5.41) is 0.0219. The maximum Gasteiger partial charge on any atom is 0.264 e. The van der Waals surface area contributed by atoms with E-state index in [1.807, 2.05) is 25.1 Å². The van der Waals surface area contributed by atoms with Crippen LogP contribution in [0.25, 0.3) is 0 Å². The number of fused-ring (bicyclic) bond motifs is 4. The van der Waals surface area contributed by atoms with Crippen LogP contribution in [0.4, 0.5) is 5.69 Å². The van der Waals surface area contributed by atoms with Gasteiger partial charge >= 0.3 is 0 Å². The van der Waals surface area contributed by atoms with Crippen molar-refractivity contribution in [2.45, 2.75) is 81.7 Å². The molecule has 7 rings (SSSR count). The number of carbonyl (C=O) groups is 1. The van der Waals surface area contributed by atoms with Gasteiger partial charge in [-0.05, 0) is 125 Å². The molecule has 1 N–H and O–H groups in total. The fourth-order valence-corrected chi connectivity index (χ4v) is 11.0. The van der Waals surface area contributed by atoms with E-state index in [2.05, 4.69) is 40.7 Å². The fraction of sp³-hybridized carbons (Fsp3) is 0.658. The molecule has 2 aliphatic carbocycles. The molecule has 1 spiro atoms. The van der Waals surface area contributed by atoms with Gasteiger partial charge in [-0.2, -0.15) is 0 Å². The molecule has 2 bridgehead atoms. The van der Waals surface area contributed by atoms with E-state index >= 15 is 0 Å². The van der Waals surface area contributed by atoms with Crippen molar-refractivity contribution in [3.8, 4) is 5.75 Å². The van der Waals surface area contributed by atoms with E-state index in [-0.39, 0.29) is 17.3 Å². The van der Waals surface area contributed by atoms with E-state index in [4.69, 9.17) is 25.8 Å². The van der Waals surface area contributed by atoms with Crippen LogP contribution in [-0.2, 0) is 31.3 Å². The second-order valence-electron chi connectivity index (χ2n) is 15.7. The van der Waals surface area contributed by atoms with Gasteiger partial charge in [0, 0.05) is 35.0 Å². The summed E-state index contributed by atoms with van der Waals surface area (Å²) in [5.74, 6) is 0.246.